The molecule has 1 amide bonds. The first-order chi connectivity index (χ1) is 12.7. The second-order valence-electron chi connectivity index (χ2n) is 5.93. The van der Waals surface area contributed by atoms with Crippen molar-refractivity contribution in [3.63, 3.8) is 0 Å². The van der Waals surface area contributed by atoms with Gasteiger partial charge in [-0.25, -0.2) is 19.3 Å². The van der Waals surface area contributed by atoms with Crippen molar-refractivity contribution in [2.24, 2.45) is 0 Å². The van der Waals surface area contributed by atoms with Crippen LogP contribution in [0.4, 0.5) is 10.2 Å². The number of nitrogens with one attached hydrogen (secondary N) is 1. The van der Waals surface area contributed by atoms with E-state index in [0.29, 0.717) is 16.7 Å². The van der Waals surface area contributed by atoms with Gasteiger partial charge in [0.05, 0.1) is 12.9 Å². The number of aliphatic hydroxyl groups excluding tert-OH is 1. The smallest absolute Gasteiger partial charge is 0.256 e. The molecule has 8 nitrogen and oxygen atoms in total. The Morgan fingerprint density at radius 1 is 1.31 bits per heavy atom. The lowest BCUT2D eigenvalue weighted by molar-refractivity contribution is -0.0323. The highest BCUT2D eigenvalue weighted by atomic mass is 19.1. The summed E-state index contributed by atoms with van der Waals surface area (Å²) in [5, 5.41) is 11.9. The van der Waals surface area contributed by atoms with Gasteiger partial charge in [0.2, 0.25) is 0 Å². The molecular formula is C17H16FN5O3. The highest BCUT2D eigenvalue weighted by Crippen LogP contribution is 2.33. The second-order valence-corrected chi connectivity index (χ2v) is 5.93. The maximum absolute atomic E-state index is 13.9. The predicted molar refractivity (Wildman–Crippen MR) is 90.2 cm³/mol. The minimum Gasteiger partial charge on any atom is -0.394 e. The molecular weight excluding hydrogens is 341 g/mol. The third kappa shape index (κ3) is 2.91. The number of amides is 1. The Kier molecular flexibility index (Phi) is 4.31. The minimum atomic E-state index is -1.26. The van der Waals surface area contributed by atoms with Gasteiger partial charge in [0.15, 0.2) is 17.0 Å². The average Bonchev–Trinajstić information content (AvgIpc) is 3.26. The fourth-order valence-electron chi connectivity index (χ4n) is 2.95. The molecule has 134 valence electrons. The van der Waals surface area contributed by atoms with Crippen molar-refractivity contribution < 1.29 is 19.0 Å². The molecule has 1 aliphatic heterocycles. The molecule has 2 N–H and O–H groups in total. The van der Waals surface area contributed by atoms with Crippen LogP contribution in [0.3, 0.4) is 0 Å². The van der Waals surface area contributed by atoms with E-state index >= 15 is 0 Å². The lowest BCUT2D eigenvalue weighted by Crippen LogP contribution is -2.21. The number of carbonyl (C=O) groups is 1. The molecule has 0 unspecified atom stereocenters. The third-order valence-electron chi connectivity index (χ3n) is 4.28. The van der Waals surface area contributed by atoms with Gasteiger partial charge in [0.25, 0.3) is 5.91 Å². The van der Waals surface area contributed by atoms with Crippen molar-refractivity contribution in [3.05, 3.63) is 48.5 Å². The van der Waals surface area contributed by atoms with E-state index in [4.69, 9.17) is 9.84 Å². The molecule has 1 fully saturated rings. The van der Waals surface area contributed by atoms with Crippen LogP contribution in [0.1, 0.15) is 23.0 Å². The van der Waals surface area contributed by atoms with E-state index in [1.807, 2.05) is 6.07 Å². The number of nitrogens with zero attached hydrogens (tertiary/aromatic N) is 4. The van der Waals surface area contributed by atoms with Gasteiger partial charge in [-0.3, -0.25) is 9.36 Å². The number of aliphatic hydroxyl groups is 1. The molecule has 9 heteroatoms. The molecule has 3 heterocycles. The number of rotatable bonds is 4. The van der Waals surface area contributed by atoms with Gasteiger partial charge in [-0.05, 0) is 12.1 Å². The zero-order valence-corrected chi connectivity index (χ0v) is 13.6. The quantitative estimate of drug-likeness (QED) is 0.737. The van der Waals surface area contributed by atoms with Gasteiger partial charge in [0, 0.05) is 12.0 Å². The van der Waals surface area contributed by atoms with E-state index in [2.05, 4.69) is 20.3 Å². The van der Waals surface area contributed by atoms with E-state index in [9.17, 15) is 9.18 Å². The van der Waals surface area contributed by atoms with Crippen molar-refractivity contribution in [1.82, 2.24) is 19.5 Å². The lowest BCUT2D eigenvalue weighted by atomic mass is 10.2. The Bertz CT molecular complexity index is 933. The first kappa shape index (κ1) is 16.6. The Morgan fingerprint density at radius 3 is 2.85 bits per heavy atom. The number of carbonyl (C=O) groups excluding carboxylic acids is 1. The number of anilines is 1. The monoisotopic (exact) mass is 357 g/mol. The Labute approximate surface area is 147 Å². The molecule has 2 aromatic heterocycles. The van der Waals surface area contributed by atoms with Gasteiger partial charge in [0.1, 0.15) is 24.8 Å². The first-order valence-corrected chi connectivity index (χ1v) is 8.11. The first-order valence-electron chi connectivity index (χ1n) is 8.11. The number of hydrogen-bond acceptors (Lipinski definition) is 6. The highest BCUT2D eigenvalue weighted by Gasteiger charge is 2.36. The van der Waals surface area contributed by atoms with Crippen LogP contribution in [0.2, 0.25) is 0 Å². The second kappa shape index (κ2) is 6.77. The summed E-state index contributed by atoms with van der Waals surface area (Å²) < 4.78 is 21.0. The zero-order valence-electron chi connectivity index (χ0n) is 13.6. The van der Waals surface area contributed by atoms with Crippen LogP contribution < -0.4 is 5.32 Å². The summed E-state index contributed by atoms with van der Waals surface area (Å²) in [5.74, 6) is -0.0578. The summed E-state index contributed by atoms with van der Waals surface area (Å²) in [4.78, 5) is 24.8. The van der Waals surface area contributed by atoms with Crippen molar-refractivity contribution >= 4 is 22.9 Å². The molecule has 3 aromatic rings. The standard InChI is InChI=1S/C17H16FN5O3/c18-11-6-13(26-12(11)7-24)23-9-21-14-15(19-8-20-16(14)23)22-17(25)10-4-2-1-3-5-10/h1-5,8-9,11-13,24H,6-7H2,(H,19,20,22,25)/t11-,12-,13-/m1/s1. The van der Waals surface area contributed by atoms with Gasteiger partial charge in [-0.1, -0.05) is 18.2 Å². The van der Waals surface area contributed by atoms with Crippen LogP contribution in [0.5, 0.6) is 0 Å². The van der Waals surface area contributed by atoms with Crippen LogP contribution in [0, 0.1) is 0 Å². The average molecular weight is 357 g/mol. The Balaban J connectivity index is 1.63. The summed E-state index contributed by atoms with van der Waals surface area (Å²) in [7, 11) is 0. The maximum Gasteiger partial charge on any atom is 0.256 e. The fraction of sp³-hybridized carbons (Fsp3) is 0.294. The molecule has 4 rings (SSSR count). The van der Waals surface area contributed by atoms with Gasteiger partial charge in [-0.2, -0.15) is 0 Å². The SMILES string of the molecule is O=C(Nc1ncnc2c1ncn2[C@H]1C[C@@H](F)[C@@H](CO)O1)c1ccccc1. The Hall–Kier alpha value is -2.91. The molecule has 3 atom stereocenters. The summed E-state index contributed by atoms with van der Waals surface area (Å²) in [6.07, 6.45) is 0.103. The number of ether oxygens (including phenoxy) is 1. The summed E-state index contributed by atoms with van der Waals surface area (Å²) in [5.41, 5.74) is 1.28. The van der Waals surface area contributed by atoms with Crippen LogP contribution in [-0.2, 0) is 4.74 Å². The number of imidazole rings is 1. The summed E-state index contributed by atoms with van der Waals surface area (Å²) in [6, 6.07) is 8.73. The molecule has 1 saturated heterocycles. The van der Waals surface area contributed by atoms with E-state index in [1.165, 1.54) is 12.7 Å². The van der Waals surface area contributed by atoms with Crippen molar-refractivity contribution in [3.8, 4) is 0 Å². The number of fused-ring (bicyclic) bond motifs is 1. The largest absolute Gasteiger partial charge is 0.394 e. The lowest BCUT2D eigenvalue weighted by Gasteiger charge is -2.13. The number of halogens is 1. The van der Waals surface area contributed by atoms with Gasteiger partial charge >= 0.3 is 0 Å². The molecule has 26 heavy (non-hydrogen) atoms. The molecule has 0 saturated carbocycles. The van der Waals surface area contributed by atoms with Crippen LogP contribution in [0.25, 0.3) is 11.2 Å². The van der Waals surface area contributed by atoms with Crippen LogP contribution in [-0.4, -0.2) is 49.4 Å². The molecule has 0 bridgehead atoms. The topological polar surface area (TPSA) is 102 Å². The highest BCUT2D eigenvalue weighted by molar-refractivity contribution is 6.06. The molecule has 1 aliphatic rings. The van der Waals surface area contributed by atoms with Crippen molar-refractivity contribution in [2.45, 2.75) is 24.9 Å². The maximum atomic E-state index is 13.9. The van der Waals surface area contributed by atoms with E-state index < -0.39 is 25.1 Å². The minimum absolute atomic E-state index is 0.0897. The van der Waals surface area contributed by atoms with Gasteiger partial charge < -0.3 is 15.2 Å². The molecule has 1 aromatic carbocycles. The fourth-order valence-corrected chi connectivity index (χ4v) is 2.95. The summed E-state index contributed by atoms with van der Waals surface area (Å²) >= 11 is 0. The van der Waals surface area contributed by atoms with E-state index in [0.717, 1.165) is 0 Å². The van der Waals surface area contributed by atoms with Crippen LogP contribution in [0.15, 0.2) is 43.0 Å². The predicted octanol–water partition coefficient (Wildman–Crippen LogP) is 1.70. The number of aromatic nitrogens is 4. The number of benzene rings is 1. The number of hydrogen-bond donors (Lipinski definition) is 2. The molecule has 0 aliphatic carbocycles. The zero-order chi connectivity index (χ0) is 18.1. The van der Waals surface area contributed by atoms with Gasteiger partial charge in [-0.15, -0.1) is 0 Å². The Morgan fingerprint density at radius 2 is 2.12 bits per heavy atom. The van der Waals surface area contributed by atoms with Crippen LogP contribution >= 0.6 is 0 Å². The van der Waals surface area contributed by atoms with E-state index in [-0.39, 0.29) is 18.1 Å². The molecule has 0 radical (unpaired) electrons. The number of alkyl halides is 1. The summed E-state index contributed by atoms with van der Waals surface area (Å²) in [6.45, 7) is -0.391. The van der Waals surface area contributed by atoms with E-state index in [1.54, 1.807) is 28.8 Å². The van der Waals surface area contributed by atoms with Crippen molar-refractivity contribution in [2.75, 3.05) is 11.9 Å². The normalized spacial score (nSPS) is 22.6. The third-order valence-corrected chi connectivity index (χ3v) is 4.28. The van der Waals surface area contributed by atoms with Crippen molar-refractivity contribution in [1.29, 1.82) is 0 Å². The molecule has 0 spiro atoms.